The van der Waals surface area contributed by atoms with Gasteiger partial charge in [-0.2, -0.15) is 5.01 Å². The van der Waals surface area contributed by atoms with Crippen molar-refractivity contribution in [2.45, 2.75) is 37.6 Å². The molecule has 1 aromatic rings. The van der Waals surface area contributed by atoms with E-state index in [1.54, 1.807) is 31.4 Å². The number of urea groups is 1. The Balaban J connectivity index is 1.47. The van der Waals surface area contributed by atoms with Gasteiger partial charge in [0.1, 0.15) is 11.3 Å². The van der Waals surface area contributed by atoms with Crippen LogP contribution in [0, 0.1) is 0 Å². The molecular formula is C20H23N3O6. The third-order valence-corrected chi connectivity index (χ3v) is 4.98. The molecule has 4 amide bonds. The lowest BCUT2D eigenvalue weighted by molar-refractivity contribution is -0.147. The second kappa shape index (κ2) is 8.76. The molecule has 1 heterocycles. The minimum absolute atomic E-state index is 0.471. The van der Waals surface area contributed by atoms with Crippen LogP contribution in [0.15, 0.2) is 30.3 Å². The number of amides is 4. The molecule has 9 nitrogen and oxygen atoms in total. The van der Waals surface area contributed by atoms with Crippen molar-refractivity contribution in [2.24, 2.45) is 0 Å². The number of hydrazine groups is 1. The fraction of sp³-hybridized carbons (Fsp3) is 0.400. The maximum absolute atomic E-state index is 12.6. The standard InChI is InChI=1S/C20H23N3O6/c1-28-15-8-5-14(6-9-15)7-10-17(25)29-13-16(24)22-23-18(26)20(21-19(23)27)11-3-2-4-12-20/h5-10H,2-4,11-13H2,1H3,(H,21,27)(H,22,24)/b10-7+. The highest BCUT2D eigenvalue weighted by Gasteiger charge is 2.52. The second-order valence-corrected chi connectivity index (χ2v) is 6.96. The summed E-state index contributed by atoms with van der Waals surface area (Å²) in [5, 5.41) is 3.36. The number of nitrogens with one attached hydrogen (secondary N) is 2. The molecule has 2 N–H and O–H groups in total. The second-order valence-electron chi connectivity index (χ2n) is 6.96. The number of imide groups is 1. The van der Waals surface area contributed by atoms with E-state index in [9.17, 15) is 19.2 Å². The van der Waals surface area contributed by atoms with Crippen molar-refractivity contribution in [2.75, 3.05) is 13.7 Å². The van der Waals surface area contributed by atoms with Crippen molar-refractivity contribution in [3.05, 3.63) is 35.9 Å². The molecule has 3 rings (SSSR count). The van der Waals surface area contributed by atoms with Gasteiger partial charge in [0.2, 0.25) is 0 Å². The molecule has 2 fully saturated rings. The first-order chi connectivity index (χ1) is 13.9. The van der Waals surface area contributed by atoms with E-state index in [0.29, 0.717) is 23.6 Å². The highest BCUT2D eigenvalue weighted by atomic mass is 16.5. The van der Waals surface area contributed by atoms with E-state index in [0.717, 1.165) is 24.8 Å². The van der Waals surface area contributed by atoms with Crippen LogP contribution in [0.2, 0.25) is 0 Å². The van der Waals surface area contributed by atoms with E-state index in [1.807, 2.05) is 0 Å². The first-order valence-corrected chi connectivity index (χ1v) is 9.39. The van der Waals surface area contributed by atoms with Gasteiger partial charge in [-0.25, -0.2) is 9.59 Å². The summed E-state index contributed by atoms with van der Waals surface area (Å²) >= 11 is 0. The zero-order chi connectivity index (χ0) is 20.9. The van der Waals surface area contributed by atoms with Crippen LogP contribution in [0.25, 0.3) is 6.08 Å². The maximum atomic E-state index is 12.6. The lowest BCUT2D eigenvalue weighted by Crippen LogP contribution is -2.51. The number of hydrogen-bond acceptors (Lipinski definition) is 6. The monoisotopic (exact) mass is 401 g/mol. The Bertz CT molecular complexity index is 827. The Morgan fingerprint density at radius 1 is 1.17 bits per heavy atom. The van der Waals surface area contributed by atoms with E-state index >= 15 is 0 Å². The summed E-state index contributed by atoms with van der Waals surface area (Å²) in [6, 6.07) is 6.34. The minimum Gasteiger partial charge on any atom is -0.497 e. The number of benzene rings is 1. The summed E-state index contributed by atoms with van der Waals surface area (Å²) < 4.78 is 9.91. The Labute approximate surface area is 168 Å². The highest BCUT2D eigenvalue weighted by Crippen LogP contribution is 2.32. The van der Waals surface area contributed by atoms with Gasteiger partial charge in [0, 0.05) is 6.08 Å². The Morgan fingerprint density at radius 2 is 1.86 bits per heavy atom. The Kier molecular flexibility index (Phi) is 6.16. The number of ether oxygens (including phenoxy) is 2. The van der Waals surface area contributed by atoms with Crippen molar-refractivity contribution >= 4 is 29.9 Å². The zero-order valence-electron chi connectivity index (χ0n) is 16.1. The Morgan fingerprint density at radius 3 is 2.52 bits per heavy atom. The quantitative estimate of drug-likeness (QED) is 0.425. The van der Waals surface area contributed by atoms with Crippen LogP contribution in [0.3, 0.4) is 0 Å². The summed E-state index contributed by atoms with van der Waals surface area (Å²) in [7, 11) is 1.56. The number of esters is 1. The molecule has 0 aromatic heterocycles. The van der Waals surface area contributed by atoms with Crippen molar-refractivity contribution in [3.63, 3.8) is 0 Å². The fourth-order valence-corrected chi connectivity index (χ4v) is 3.44. The average Bonchev–Trinajstić information content (AvgIpc) is 2.95. The van der Waals surface area contributed by atoms with Gasteiger partial charge >= 0.3 is 12.0 Å². The van der Waals surface area contributed by atoms with Crippen LogP contribution >= 0.6 is 0 Å². The van der Waals surface area contributed by atoms with Gasteiger partial charge in [0.25, 0.3) is 11.8 Å². The zero-order valence-corrected chi connectivity index (χ0v) is 16.1. The number of rotatable bonds is 6. The number of carbonyl (C=O) groups is 4. The Hall–Kier alpha value is -3.36. The number of nitrogens with zero attached hydrogens (tertiary/aromatic N) is 1. The summed E-state index contributed by atoms with van der Waals surface area (Å²) in [6.07, 6.45) is 6.50. The molecule has 1 aliphatic heterocycles. The van der Waals surface area contributed by atoms with Gasteiger partial charge in [-0.15, -0.1) is 0 Å². The fourth-order valence-electron chi connectivity index (χ4n) is 3.44. The lowest BCUT2D eigenvalue weighted by atomic mass is 9.82. The van der Waals surface area contributed by atoms with Gasteiger partial charge in [-0.3, -0.25) is 15.0 Å². The predicted molar refractivity (Wildman–Crippen MR) is 102 cm³/mol. The van der Waals surface area contributed by atoms with Crippen molar-refractivity contribution in [3.8, 4) is 5.75 Å². The van der Waals surface area contributed by atoms with Gasteiger partial charge in [0.15, 0.2) is 6.61 Å². The van der Waals surface area contributed by atoms with Crippen LogP contribution in [-0.2, 0) is 19.1 Å². The molecule has 2 aliphatic rings. The topological polar surface area (TPSA) is 114 Å². The van der Waals surface area contributed by atoms with Crippen molar-refractivity contribution < 1.29 is 28.7 Å². The van der Waals surface area contributed by atoms with Crippen LogP contribution in [0.5, 0.6) is 5.75 Å². The first kappa shape index (κ1) is 20.4. The van der Waals surface area contributed by atoms with Gasteiger partial charge in [-0.1, -0.05) is 31.4 Å². The van der Waals surface area contributed by atoms with E-state index in [4.69, 9.17) is 9.47 Å². The average molecular weight is 401 g/mol. The third-order valence-electron chi connectivity index (χ3n) is 4.98. The van der Waals surface area contributed by atoms with E-state index in [1.165, 1.54) is 12.2 Å². The summed E-state index contributed by atoms with van der Waals surface area (Å²) in [5.74, 6) is -1.28. The molecule has 1 aliphatic carbocycles. The summed E-state index contributed by atoms with van der Waals surface area (Å²) in [4.78, 5) is 48.4. The van der Waals surface area contributed by atoms with E-state index in [2.05, 4.69) is 10.7 Å². The van der Waals surface area contributed by atoms with Gasteiger partial charge < -0.3 is 14.8 Å². The van der Waals surface area contributed by atoms with Crippen LogP contribution in [-0.4, -0.2) is 48.1 Å². The third kappa shape index (κ3) is 4.74. The SMILES string of the molecule is COc1ccc(/C=C/C(=O)OCC(=O)NN2C(=O)NC3(CCCCC3)C2=O)cc1. The minimum atomic E-state index is -0.930. The number of methoxy groups -OCH3 is 1. The normalized spacial score (nSPS) is 18.0. The van der Waals surface area contributed by atoms with Gasteiger partial charge in [0.05, 0.1) is 7.11 Å². The van der Waals surface area contributed by atoms with Gasteiger partial charge in [-0.05, 0) is 36.6 Å². The molecule has 0 atom stereocenters. The smallest absolute Gasteiger partial charge is 0.344 e. The molecule has 1 aromatic carbocycles. The summed E-state index contributed by atoms with van der Waals surface area (Å²) in [5.41, 5.74) is 2.03. The molecule has 1 saturated carbocycles. The molecule has 0 radical (unpaired) electrons. The lowest BCUT2D eigenvalue weighted by Gasteiger charge is -2.30. The molecule has 154 valence electrons. The van der Waals surface area contributed by atoms with Crippen molar-refractivity contribution in [1.82, 2.24) is 15.8 Å². The van der Waals surface area contributed by atoms with Crippen molar-refractivity contribution in [1.29, 1.82) is 0 Å². The molecule has 0 bridgehead atoms. The highest BCUT2D eigenvalue weighted by molar-refractivity contribution is 6.08. The molecule has 9 heteroatoms. The van der Waals surface area contributed by atoms with Crippen LogP contribution < -0.4 is 15.5 Å². The first-order valence-electron chi connectivity index (χ1n) is 9.39. The molecule has 1 saturated heterocycles. The molecule has 0 unspecified atom stereocenters. The predicted octanol–water partition coefficient (Wildman–Crippen LogP) is 1.54. The van der Waals surface area contributed by atoms with E-state index < -0.39 is 36.0 Å². The molecular weight excluding hydrogens is 378 g/mol. The number of hydrogen-bond donors (Lipinski definition) is 2. The van der Waals surface area contributed by atoms with Crippen LogP contribution in [0.1, 0.15) is 37.7 Å². The summed E-state index contributed by atoms with van der Waals surface area (Å²) in [6.45, 7) is -0.615. The largest absolute Gasteiger partial charge is 0.497 e. The van der Waals surface area contributed by atoms with Crippen LogP contribution in [0.4, 0.5) is 4.79 Å². The molecule has 29 heavy (non-hydrogen) atoms. The number of carbonyl (C=O) groups excluding carboxylic acids is 4. The molecule has 1 spiro atoms. The maximum Gasteiger partial charge on any atom is 0.344 e. The van der Waals surface area contributed by atoms with E-state index in [-0.39, 0.29) is 0 Å².